The van der Waals surface area contributed by atoms with E-state index in [9.17, 15) is 18.0 Å². The first-order valence-electron chi connectivity index (χ1n) is 5.65. The Hall–Kier alpha value is -1.67. The second-order valence-electron chi connectivity index (χ2n) is 3.82. The third-order valence-electron chi connectivity index (χ3n) is 2.23. The van der Waals surface area contributed by atoms with Crippen LogP contribution in [-0.4, -0.2) is 30.5 Å². The highest BCUT2D eigenvalue weighted by atomic mass is 32.1. The Labute approximate surface area is 119 Å². The molecule has 1 rings (SSSR count). The first-order chi connectivity index (χ1) is 9.40. The molecule has 1 amide bonds. The van der Waals surface area contributed by atoms with Crippen molar-refractivity contribution in [1.82, 2.24) is 0 Å². The van der Waals surface area contributed by atoms with Gasteiger partial charge in [-0.1, -0.05) is 12.2 Å². The number of nitrogens with two attached hydrogens (primary N) is 1. The lowest BCUT2D eigenvalue weighted by Gasteiger charge is -2.08. The Morgan fingerprint density at radius 1 is 1.45 bits per heavy atom. The van der Waals surface area contributed by atoms with Crippen molar-refractivity contribution in [1.29, 1.82) is 0 Å². The van der Waals surface area contributed by atoms with Crippen LogP contribution in [0.25, 0.3) is 0 Å². The van der Waals surface area contributed by atoms with Crippen LogP contribution in [0.3, 0.4) is 0 Å². The van der Waals surface area contributed by atoms with E-state index in [1.807, 2.05) is 0 Å². The van der Waals surface area contributed by atoms with Gasteiger partial charge >= 0.3 is 0 Å². The van der Waals surface area contributed by atoms with Crippen LogP contribution in [0, 0.1) is 5.82 Å². The fraction of sp³-hybridized carbons (Fsp3) is 0.333. The minimum absolute atomic E-state index is 0.0201. The van der Waals surface area contributed by atoms with Crippen LogP contribution < -0.4 is 11.1 Å². The minimum Gasteiger partial charge on any atom is -0.389 e. The molecule has 0 saturated heterocycles. The number of ether oxygens (including phenoxy) is 1. The maximum absolute atomic E-state index is 13.3. The van der Waals surface area contributed by atoms with Gasteiger partial charge in [0.2, 0.25) is 5.91 Å². The fourth-order valence-corrected chi connectivity index (χ4v) is 1.51. The Balaban J connectivity index is 2.50. The summed E-state index contributed by atoms with van der Waals surface area (Å²) >= 11 is 4.67. The van der Waals surface area contributed by atoms with E-state index in [0.29, 0.717) is 5.69 Å². The molecule has 8 heteroatoms. The average Bonchev–Trinajstić information content (AvgIpc) is 2.36. The molecule has 0 unspecified atom stereocenters. The van der Waals surface area contributed by atoms with Gasteiger partial charge in [-0.15, -0.1) is 0 Å². The van der Waals surface area contributed by atoms with Crippen LogP contribution >= 0.6 is 12.2 Å². The largest absolute Gasteiger partial charge is 0.389 e. The van der Waals surface area contributed by atoms with Crippen molar-refractivity contribution < 1.29 is 22.7 Å². The number of carbonyl (C=O) groups is 1. The molecule has 0 aliphatic carbocycles. The normalized spacial score (nSPS) is 10.6. The summed E-state index contributed by atoms with van der Waals surface area (Å²) in [5.41, 5.74) is 5.66. The number of anilines is 1. The molecule has 1 aromatic rings. The first kappa shape index (κ1) is 16.4. The van der Waals surface area contributed by atoms with Gasteiger partial charge in [0.05, 0.1) is 13.0 Å². The number of thiocarbonyl (C=S) groups is 1. The molecule has 0 spiro atoms. The van der Waals surface area contributed by atoms with E-state index in [2.05, 4.69) is 22.3 Å². The van der Waals surface area contributed by atoms with Crippen molar-refractivity contribution >= 4 is 28.8 Å². The number of rotatable bonds is 7. The van der Waals surface area contributed by atoms with E-state index in [0.717, 1.165) is 6.07 Å². The summed E-state index contributed by atoms with van der Waals surface area (Å²) in [6.07, 6.45) is -2.66. The van der Waals surface area contributed by atoms with Crippen LogP contribution in [0.5, 0.6) is 0 Å². The molecule has 0 saturated carbocycles. The lowest BCUT2D eigenvalue weighted by molar-refractivity contribution is -0.117. The van der Waals surface area contributed by atoms with Crippen molar-refractivity contribution in [2.75, 3.05) is 18.5 Å². The lowest BCUT2D eigenvalue weighted by atomic mass is 10.2. The monoisotopic (exact) mass is 306 g/mol. The maximum Gasteiger partial charge on any atom is 0.261 e. The van der Waals surface area contributed by atoms with E-state index in [4.69, 9.17) is 5.73 Å². The molecule has 0 aliphatic rings. The SMILES string of the molecule is NC(=S)c1cc(NC(=O)CCOCC(F)F)ccc1F. The zero-order chi connectivity index (χ0) is 15.1. The van der Waals surface area contributed by atoms with Crippen molar-refractivity contribution in [3.05, 3.63) is 29.6 Å². The highest BCUT2D eigenvalue weighted by molar-refractivity contribution is 7.80. The molecule has 3 N–H and O–H groups in total. The van der Waals surface area contributed by atoms with Gasteiger partial charge in [0.25, 0.3) is 6.43 Å². The van der Waals surface area contributed by atoms with E-state index in [1.54, 1.807) is 0 Å². The predicted molar refractivity (Wildman–Crippen MR) is 72.4 cm³/mol. The van der Waals surface area contributed by atoms with Crippen molar-refractivity contribution in [2.24, 2.45) is 5.73 Å². The molecule has 0 aliphatic heterocycles. The lowest BCUT2D eigenvalue weighted by Crippen LogP contribution is -2.17. The Morgan fingerprint density at radius 3 is 2.75 bits per heavy atom. The van der Waals surface area contributed by atoms with Gasteiger partial charge < -0.3 is 15.8 Å². The number of hydrogen-bond acceptors (Lipinski definition) is 3. The minimum atomic E-state index is -2.57. The molecule has 20 heavy (non-hydrogen) atoms. The van der Waals surface area contributed by atoms with Crippen molar-refractivity contribution in [3.63, 3.8) is 0 Å². The summed E-state index contributed by atoms with van der Waals surface area (Å²) in [5, 5.41) is 2.46. The number of nitrogens with one attached hydrogen (secondary N) is 1. The summed E-state index contributed by atoms with van der Waals surface area (Å²) in [4.78, 5) is 11.4. The molecular formula is C12H13F3N2O2S. The van der Waals surface area contributed by atoms with Crippen molar-refractivity contribution in [2.45, 2.75) is 12.8 Å². The van der Waals surface area contributed by atoms with Gasteiger partial charge in [-0.2, -0.15) is 0 Å². The molecular weight excluding hydrogens is 293 g/mol. The van der Waals surface area contributed by atoms with Gasteiger partial charge in [0.15, 0.2) is 0 Å². The molecule has 110 valence electrons. The summed E-state index contributed by atoms with van der Waals surface area (Å²) in [7, 11) is 0. The maximum atomic E-state index is 13.3. The van der Waals surface area contributed by atoms with E-state index in [1.165, 1.54) is 12.1 Å². The number of benzene rings is 1. The smallest absolute Gasteiger partial charge is 0.261 e. The highest BCUT2D eigenvalue weighted by Gasteiger charge is 2.09. The second kappa shape index (κ2) is 7.81. The average molecular weight is 306 g/mol. The third kappa shape index (κ3) is 5.54. The molecule has 0 fully saturated rings. The zero-order valence-electron chi connectivity index (χ0n) is 10.4. The van der Waals surface area contributed by atoms with Gasteiger partial charge in [-0.25, -0.2) is 13.2 Å². The molecule has 0 heterocycles. The molecule has 0 aromatic heterocycles. The van der Waals surface area contributed by atoms with Crippen LogP contribution in [0.4, 0.5) is 18.9 Å². The van der Waals surface area contributed by atoms with E-state index in [-0.39, 0.29) is 23.6 Å². The van der Waals surface area contributed by atoms with Gasteiger partial charge in [-0.3, -0.25) is 4.79 Å². The molecule has 0 radical (unpaired) electrons. The third-order valence-corrected chi connectivity index (χ3v) is 2.45. The second-order valence-corrected chi connectivity index (χ2v) is 4.26. The first-order valence-corrected chi connectivity index (χ1v) is 6.06. The van der Waals surface area contributed by atoms with Gasteiger partial charge in [0, 0.05) is 11.3 Å². The molecule has 1 aromatic carbocycles. The summed E-state index contributed by atoms with van der Waals surface area (Å²) in [6, 6.07) is 3.77. The van der Waals surface area contributed by atoms with Crippen LogP contribution in [0.2, 0.25) is 0 Å². The Bertz CT molecular complexity index is 498. The molecule has 4 nitrogen and oxygen atoms in total. The topological polar surface area (TPSA) is 64.3 Å². The van der Waals surface area contributed by atoms with E-state index >= 15 is 0 Å². The van der Waals surface area contributed by atoms with Crippen LogP contribution in [0.15, 0.2) is 18.2 Å². The van der Waals surface area contributed by atoms with Crippen molar-refractivity contribution in [3.8, 4) is 0 Å². The number of amides is 1. The molecule has 0 atom stereocenters. The summed E-state index contributed by atoms with van der Waals surface area (Å²) in [5.74, 6) is -1.03. The Kier molecular flexibility index (Phi) is 6.40. The van der Waals surface area contributed by atoms with Gasteiger partial charge in [0.1, 0.15) is 17.4 Å². The fourth-order valence-electron chi connectivity index (χ4n) is 1.35. The Morgan fingerprint density at radius 2 is 2.15 bits per heavy atom. The number of hydrogen-bond donors (Lipinski definition) is 2. The number of halogens is 3. The summed E-state index contributed by atoms with van der Waals surface area (Å²) < 4.78 is 41.4. The number of carbonyl (C=O) groups excluding carboxylic acids is 1. The quantitative estimate of drug-likeness (QED) is 0.598. The standard InChI is InChI=1S/C12H13F3N2O2S/c13-9-2-1-7(5-8(9)12(16)20)17-11(18)3-4-19-6-10(14)15/h1-2,5,10H,3-4,6H2,(H2,16,20)(H,17,18). The number of alkyl halides is 2. The highest BCUT2D eigenvalue weighted by Crippen LogP contribution is 2.15. The van der Waals surface area contributed by atoms with Crippen LogP contribution in [-0.2, 0) is 9.53 Å². The summed E-state index contributed by atoms with van der Waals surface area (Å²) in [6.45, 7) is -0.838. The molecule has 0 bridgehead atoms. The van der Waals surface area contributed by atoms with Crippen LogP contribution in [0.1, 0.15) is 12.0 Å². The van der Waals surface area contributed by atoms with E-state index < -0.39 is 24.8 Å². The predicted octanol–water partition coefficient (Wildman–Crippen LogP) is 2.07. The zero-order valence-corrected chi connectivity index (χ0v) is 11.2. The van der Waals surface area contributed by atoms with Gasteiger partial charge in [-0.05, 0) is 18.2 Å².